The Labute approximate surface area is 182 Å². The highest BCUT2D eigenvalue weighted by Gasteiger charge is 2.14. The molecule has 0 aliphatic carbocycles. The molecular formula is C22H31N5O2S. The first-order valence-electron chi connectivity index (χ1n) is 10.3. The molecule has 1 aliphatic heterocycles. The van der Waals surface area contributed by atoms with E-state index in [1.165, 1.54) is 17.3 Å². The maximum absolute atomic E-state index is 12.2. The second kappa shape index (κ2) is 10.7. The summed E-state index contributed by atoms with van der Waals surface area (Å²) in [5, 5.41) is 3.54. The van der Waals surface area contributed by atoms with E-state index in [-0.39, 0.29) is 17.9 Å². The summed E-state index contributed by atoms with van der Waals surface area (Å²) in [5.74, 6) is -0.0655. The molecule has 0 bridgehead atoms. The van der Waals surface area contributed by atoms with Crippen LogP contribution in [-0.4, -0.2) is 65.2 Å². The van der Waals surface area contributed by atoms with Gasteiger partial charge in [0.05, 0.1) is 0 Å². The largest absolute Gasteiger partial charge is 0.352 e. The van der Waals surface area contributed by atoms with Crippen molar-refractivity contribution in [3.05, 3.63) is 57.0 Å². The van der Waals surface area contributed by atoms with Crippen molar-refractivity contribution in [3.8, 4) is 0 Å². The van der Waals surface area contributed by atoms with Crippen LogP contribution in [-0.2, 0) is 24.3 Å². The minimum Gasteiger partial charge on any atom is -0.352 e. The predicted octanol–water partition coefficient (Wildman–Crippen LogP) is 1.80. The van der Waals surface area contributed by atoms with Crippen molar-refractivity contribution < 1.29 is 4.79 Å². The van der Waals surface area contributed by atoms with Gasteiger partial charge < -0.3 is 15.2 Å². The number of aromatic nitrogens is 2. The fraction of sp³-hybridized carbons (Fsp3) is 0.500. The molecule has 3 rings (SSSR count). The molecule has 8 heteroatoms. The maximum Gasteiger partial charge on any atom is 0.254 e. The maximum atomic E-state index is 12.2. The van der Waals surface area contributed by atoms with Gasteiger partial charge in [0, 0.05) is 56.9 Å². The lowest BCUT2D eigenvalue weighted by Crippen LogP contribution is -2.43. The normalized spacial score (nSPS) is 15.3. The quantitative estimate of drug-likeness (QED) is 0.492. The van der Waals surface area contributed by atoms with Gasteiger partial charge in [-0.3, -0.25) is 14.5 Å². The van der Waals surface area contributed by atoms with Gasteiger partial charge >= 0.3 is 0 Å². The third kappa shape index (κ3) is 6.42. The van der Waals surface area contributed by atoms with Crippen LogP contribution in [0, 0.1) is 6.92 Å². The lowest BCUT2D eigenvalue weighted by atomic mass is 10.1. The monoisotopic (exact) mass is 429 g/mol. The molecule has 0 spiro atoms. The Balaban J connectivity index is 1.44. The summed E-state index contributed by atoms with van der Waals surface area (Å²) >= 11 is 1.40. The molecule has 2 N–H and O–H groups in total. The number of aryl methyl sites for hydroxylation is 1. The molecule has 30 heavy (non-hydrogen) atoms. The summed E-state index contributed by atoms with van der Waals surface area (Å²) < 4.78 is 0. The Kier molecular flexibility index (Phi) is 8.07. The molecule has 1 aromatic heterocycles. The van der Waals surface area contributed by atoms with E-state index in [1.807, 2.05) is 13.2 Å². The first kappa shape index (κ1) is 22.5. The van der Waals surface area contributed by atoms with Crippen molar-refractivity contribution in [2.75, 3.05) is 39.5 Å². The van der Waals surface area contributed by atoms with Crippen molar-refractivity contribution in [3.63, 3.8) is 0 Å². The Bertz CT molecular complexity index is 905. The predicted molar refractivity (Wildman–Crippen MR) is 121 cm³/mol. The number of rotatable bonds is 8. The second-order valence-corrected chi connectivity index (χ2v) is 8.61. The van der Waals surface area contributed by atoms with E-state index in [0.717, 1.165) is 38.3 Å². The van der Waals surface area contributed by atoms with Crippen molar-refractivity contribution in [2.45, 2.75) is 38.0 Å². The molecule has 1 fully saturated rings. The molecule has 2 aromatic rings. The van der Waals surface area contributed by atoms with Crippen LogP contribution >= 0.6 is 11.8 Å². The van der Waals surface area contributed by atoms with Crippen LogP contribution in [0.3, 0.4) is 0 Å². The van der Waals surface area contributed by atoms with Crippen LogP contribution in [0.1, 0.15) is 28.8 Å². The standard InChI is InChI=1S/C22H31N5O2S/c1-16-19(21(29)25-22(24-16)30-3)8-9-20(28)23-14-17-4-6-18(7-5-17)15-27-12-10-26(2)11-13-27/h4-7H,8-15H2,1-3H3,(H,23,28)(H,24,25,29). The number of H-pyrrole nitrogens is 1. The molecule has 0 radical (unpaired) electrons. The van der Waals surface area contributed by atoms with Crippen LogP contribution in [0.4, 0.5) is 0 Å². The molecule has 1 saturated heterocycles. The number of aromatic amines is 1. The van der Waals surface area contributed by atoms with Gasteiger partial charge in [0.15, 0.2) is 5.16 Å². The van der Waals surface area contributed by atoms with Crippen LogP contribution in [0.5, 0.6) is 0 Å². The molecule has 1 aliphatic rings. The molecule has 0 atom stereocenters. The number of amides is 1. The number of piperazine rings is 1. The van der Waals surface area contributed by atoms with E-state index < -0.39 is 0 Å². The van der Waals surface area contributed by atoms with Crippen molar-refractivity contribution in [1.29, 1.82) is 0 Å². The minimum atomic E-state index is -0.157. The summed E-state index contributed by atoms with van der Waals surface area (Å²) in [7, 11) is 2.16. The van der Waals surface area contributed by atoms with E-state index in [1.54, 1.807) is 0 Å². The van der Waals surface area contributed by atoms with Crippen LogP contribution < -0.4 is 10.9 Å². The molecule has 7 nitrogen and oxygen atoms in total. The highest BCUT2D eigenvalue weighted by Crippen LogP contribution is 2.11. The molecule has 1 aromatic carbocycles. The molecule has 0 unspecified atom stereocenters. The number of likely N-dealkylation sites (N-methyl/N-ethyl adjacent to an activating group) is 1. The number of carbonyl (C=O) groups excluding carboxylic acids is 1. The third-order valence-electron chi connectivity index (χ3n) is 5.51. The van der Waals surface area contributed by atoms with Gasteiger partial charge in [0.1, 0.15) is 0 Å². The average Bonchev–Trinajstić information content (AvgIpc) is 2.74. The SMILES string of the molecule is CSc1nc(C)c(CCC(=O)NCc2ccc(CN3CCN(C)CC3)cc2)c(=O)[nH]1. The van der Waals surface area contributed by atoms with Gasteiger partial charge in [-0.05, 0) is 37.8 Å². The smallest absolute Gasteiger partial charge is 0.254 e. The lowest BCUT2D eigenvalue weighted by molar-refractivity contribution is -0.121. The van der Waals surface area contributed by atoms with Gasteiger partial charge in [-0.2, -0.15) is 0 Å². The molecule has 0 saturated carbocycles. The van der Waals surface area contributed by atoms with E-state index in [0.29, 0.717) is 29.4 Å². The zero-order valence-electron chi connectivity index (χ0n) is 18.0. The van der Waals surface area contributed by atoms with Crippen LogP contribution in [0.2, 0.25) is 0 Å². The number of nitrogens with zero attached hydrogens (tertiary/aromatic N) is 3. The van der Waals surface area contributed by atoms with Gasteiger partial charge in [-0.25, -0.2) is 4.98 Å². The number of thioether (sulfide) groups is 1. The highest BCUT2D eigenvalue weighted by molar-refractivity contribution is 7.98. The van der Waals surface area contributed by atoms with Crippen LogP contribution in [0.25, 0.3) is 0 Å². The fourth-order valence-corrected chi connectivity index (χ4v) is 3.95. The Morgan fingerprint density at radius 2 is 1.83 bits per heavy atom. The van der Waals surface area contributed by atoms with Gasteiger partial charge in [0.2, 0.25) is 5.91 Å². The minimum absolute atomic E-state index is 0.0655. The van der Waals surface area contributed by atoms with Crippen molar-refractivity contribution in [1.82, 2.24) is 25.1 Å². The number of benzene rings is 1. The third-order valence-corrected chi connectivity index (χ3v) is 6.09. The summed E-state index contributed by atoms with van der Waals surface area (Å²) in [6.45, 7) is 7.72. The molecule has 162 valence electrons. The number of nitrogens with one attached hydrogen (secondary N) is 2. The Morgan fingerprint density at radius 1 is 1.17 bits per heavy atom. The van der Waals surface area contributed by atoms with Crippen molar-refractivity contribution in [2.24, 2.45) is 0 Å². The molecule has 1 amide bonds. The fourth-order valence-electron chi connectivity index (χ4n) is 3.53. The van der Waals surface area contributed by atoms with E-state index in [2.05, 4.69) is 56.4 Å². The molecular weight excluding hydrogens is 398 g/mol. The summed E-state index contributed by atoms with van der Waals surface area (Å²) in [5.41, 5.74) is 3.48. The zero-order valence-corrected chi connectivity index (χ0v) is 18.8. The number of carbonyl (C=O) groups is 1. The molecule has 2 heterocycles. The summed E-state index contributed by atoms with van der Waals surface area (Å²) in [6.07, 6.45) is 2.52. The van der Waals surface area contributed by atoms with E-state index >= 15 is 0 Å². The highest BCUT2D eigenvalue weighted by atomic mass is 32.2. The number of hydrogen-bond donors (Lipinski definition) is 2. The Hall–Kier alpha value is -2.16. The summed E-state index contributed by atoms with van der Waals surface area (Å²) in [6, 6.07) is 8.43. The topological polar surface area (TPSA) is 81.3 Å². The van der Waals surface area contributed by atoms with Gasteiger partial charge in [0.25, 0.3) is 5.56 Å². The van der Waals surface area contributed by atoms with Crippen LogP contribution in [0.15, 0.2) is 34.2 Å². The average molecular weight is 430 g/mol. The van der Waals surface area contributed by atoms with Gasteiger partial charge in [-0.15, -0.1) is 0 Å². The first-order chi connectivity index (χ1) is 14.4. The van der Waals surface area contributed by atoms with Crippen molar-refractivity contribution >= 4 is 17.7 Å². The Morgan fingerprint density at radius 3 is 2.47 bits per heavy atom. The number of hydrogen-bond acceptors (Lipinski definition) is 6. The van der Waals surface area contributed by atoms with Gasteiger partial charge in [-0.1, -0.05) is 36.0 Å². The first-order valence-corrected chi connectivity index (χ1v) is 11.6. The lowest BCUT2D eigenvalue weighted by Gasteiger charge is -2.32. The van der Waals surface area contributed by atoms with E-state index in [9.17, 15) is 9.59 Å². The zero-order chi connectivity index (χ0) is 21.5. The summed E-state index contributed by atoms with van der Waals surface area (Å²) in [4.78, 5) is 36.3. The van der Waals surface area contributed by atoms with E-state index in [4.69, 9.17) is 0 Å². The second-order valence-electron chi connectivity index (χ2n) is 7.81.